The molecule has 0 fully saturated rings. The molecule has 1 aromatic heterocycles. The summed E-state index contributed by atoms with van der Waals surface area (Å²) in [5, 5.41) is 4.78. The van der Waals surface area contributed by atoms with Crippen molar-refractivity contribution >= 4 is 29.9 Å². The molecule has 0 aliphatic carbocycles. The smallest absolute Gasteiger partial charge is 0.261 e. The summed E-state index contributed by atoms with van der Waals surface area (Å²) >= 11 is 5.61. The fourth-order valence-electron chi connectivity index (χ4n) is 1.32. The van der Waals surface area contributed by atoms with Gasteiger partial charge in [-0.3, -0.25) is 4.79 Å². The van der Waals surface area contributed by atoms with E-state index in [9.17, 15) is 4.79 Å². The van der Waals surface area contributed by atoms with E-state index in [4.69, 9.17) is 0 Å². The SMILES string of the molecule is CC(C)N(C)CCCNC(=O)c1cc(S)cs1. The highest BCUT2D eigenvalue weighted by molar-refractivity contribution is 7.80. The van der Waals surface area contributed by atoms with Gasteiger partial charge in [-0.25, -0.2) is 0 Å². The quantitative estimate of drug-likeness (QED) is 0.616. The predicted molar refractivity (Wildman–Crippen MR) is 76.3 cm³/mol. The van der Waals surface area contributed by atoms with E-state index in [-0.39, 0.29) is 5.91 Å². The third kappa shape index (κ3) is 5.10. The molecule has 0 aromatic carbocycles. The number of hydrogen-bond acceptors (Lipinski definition) is 4. The number of carbonyl (C=O) groups excluding carboxylic acids is 1. The maximum absolute atomic E-state index is 11.7. The molecule has 0 aliphatic rings. The maximum Gasteiger partial charge on any atom is 0.261 e. The topological polar surface area (TPSA) is 32.3 Å². The Morgan fingerprint density at radius 2 is 2.29 bits per heavy atom. The van der Waals surface area contributed by atoms with Crippen molar-refractivity contribution in [2.45, 2.75) is 31.2 Å². The molecule has 0 unspecified atom stereocenters. The second-order valence-corrected chi connectivity index (χ2v) is 5.78. The van der Waals surface area contributed by atoms with Gasteiger partial charge in [0.25, 0.3) is 5.91 Å². The first-order chi connectivity index (χ1) is 8.00. The van der Waals surface area contributed by atoms with Gasteiger partial charge in [0.2, 0.25) is 0 Å². The highest BCUT2D eigenvalue weighted by Gasteiger charge is 2.07. The Balaban J connectivity index is 2.21. The molecule has 0 saturated heterocycles. The highest BCUT2D eigenvalue weighted by Crippen LogP contribution is 2.17. The number of thiophene rings is 1. The van der Waals surface area contributed by atoms with Crippen LogP contribution in [0.5, 0.6) is 0 Å². The predicted octanol–water partition coefficient (Wildman–Crippen LogP) is 2.50. The Bertz CT molecular complexity index is 363. The Morgan fingerprint density at radius 1 is 1.59 bits per heavy atom. The van der Waals surface area contributed by atoms with E-state index < -0.39 is 0 Å². The van der Waals surface area contributed by atoms with Gasteiger partial charge < -0.3 is 10.2 Å². The maximum atomic E-state index is 11.7. The van der Waals surface area contributed by atoms with Crippen LogP contribution >= 0.6 is 24.0 Å². The van der Waals surface area contributed by atoms with Crippen molar-refractivity contribution < 1.29 is 4.79 Å². The Labute approximate surface area is 113 Å². The Morgan fingerprint density at radius 3 is 2.82 bits per heavy atom. The van der Waals surface area contributed by atoms with Crippen molar-refractivity contribution in [2.75, 3.05) is 20.1 Å². The number of rotatable bonds is 6. The first kappa shape index (κ1) is 14.5. The minimum absolute atomic E-state index is 0.00231. The number of hydrogen-bond donors (Lipinski definition) is 2. The lowest BCUT2D eigenvalue weighted by Gasteiger charge is -2.20. The molecule has 1 heterocycles. The Hall–Kier alpha value is -0.520. The van der Waals surface area contributed by atoms with Gasteiger partial charge in [-0.1, -0.05) is 0 Å². The Kier molecular flexibility index (Phi) is 6.02. The van der Waals surface area contributed by atoms with Crippen LogP contribution in [0.1, 0.15) is 29.9 Å². The van der Waals surface area contributed by atoms with E-state index in [2.05, 4.69) is 43.7 Å². The van der Waals surface area contributed by atoms with Gasteiger partial charge in [-0.2, -0.15) is 0 Å². The van der Waals surface area contributed by atoms with Gasteiger partial charge in [-0.15, -0.1) is 24.0 Å². The molecule has 17 heavy (non-hydrogen) atoms. The molecule has 1 aromatic rings. The van der Waals surface area contributed by atoms with Gasteiger partial charge in [0, 0.05) is 22.9 Å². The van der Waals surface area contributed by atoms with E-state index in [1.54, 1.807) is 6.07 Å². The zero-order chi connectivity index (χ0) is 12.8. The molecular weight excluding hydrogens is 252 g/mol. The summed E-state index contributed by atoms with van der Waals surface area (Å²) in [5.74, 6) is 0.00231. The molecule has 0 spiro atoms. The molecule has 0 radical (unpaired) electrons. The number of thiol groups is 1. The van der Waals surface area contributed by atoms with Crippen LogP contribution in [-0.4, -0.2) is 37.0 Å². The van der Waals surface area contributed by atoms with E-state index in [0.29, 0.717) is 6.04 Å². The van der Waals surface area contributed by atoms with Gasteiger partial charge >= 0.3 is 0 Å². The van der Waals surface area contributed by atoms with Gasteiger partial charge in [0.05, 0.1) is 4.88 Å². The van der Waals surface area contributed by atoms with Crippen molar-refractivity contribution in [3.63, 3.8) is 0 Å². The van der Waals surface area contributed by atoms with E-state index >= 15 is 0 Å². The molecule has 1 amide bonds. The summed E-state index contributed by atoms with van der Waals surface area (Å²) in [5.41, 5.74) is 0. The minimum atomic E-state index is 0.00231. The van der Waals surface area contributed by atoms with Crippen molar-refractivity contribution in [1.82, 2.24) is 10.2 Å². The molecule has 0 bridgehead atoms. The van der Waals surface area contributed by atoms with Crippen molar-refractivity contribution in [3.05, 3.63) is 16.3 Å². The largest absolute Gasteiger partial charge is 0.351 e. The second-order valence-electron chi connectivity index (χ2n) is 4.35. The van der Waals surface area contributed by atoms with Crippen molar-refractivity contribution in [1.29, 1.82) is 0 Å². The van der Waals surface area contributed by atoms with Crippen LogP contribution in [0.25, 0.3) is 0 Å². The minimum Gasteiger partial charge on any atom is -0.351 e. The molecule has 0 aliphatic heterocycles. The van der Waals surface area contributed by atoms with Crippen LogP contribution in [0.4, 0.5) is 0 Å². The monoisotopic (exact) mass is 272 g/mol. The third-order valence-electron chi connectivity index (χ3n) is 2.66. The summed E-state index contributed by atoms with van der Waals surface area (Å²) in [6.07, 6.45) is 0.972. The number of amides is 1. The highest BCUT2D eigenvalue weighted by atomic mass is 32.1. The molecule has 5 heteroatoms. The normalized spacial score (nSPS) is 11.2. The van der Waals surface area contributed by atoms with Gasteiger partial charge in [-0.05, 0) is 39.9 Å². The lowest BCUT2D eigenvalue weighted by Crippen LogP contribution is -2.31. The van der Waals surface area contributed by atoms with Gasteiger partial charge in [0.1, 0.15) is 0 Å². The molecule has 0 saturated carbocycles. The molecule has 0 atom stereocenters. The summed E-state index contributed by atoms with van der Waals surface area (Å²) in [4.78, 5) is 15.5. The van der Waals surface area contributed by atoms with Crippen LogP contribution in [0.3, 0.4) is 0 Å². The van der Waals surface area contributed by atoms with Crippen LogP contribution in [0.15, 0.2) is 16.3 Å². The molecule has 3 nitrogen and oxygen atoms in total. The molecular formula is C12H20N2OS2. The number of nitrogens with one attached hydrogen (secondary N) is 1. The van der Waals surface area contributed by atoms with Gasteiger partial charge in [0.15, 0.2) is 0 Å². The summed E-state index contributed by atoms with van der Waals surface area (Å²) in [6, 6.07) is 2.35. The van der Waals surface area contributed by atoms with Crippen molar-refractivity contribution in [2.24, 2.45) is 0 Å². The number of carbonyl (C=O) groups is 1. The first-order valence-corrected chi connectivity index (χ1v) is 7.09. The van der Waals surface area contributed by atoms with Crippen LogP contribution in [0.2, 0.25) is 0 Å². The fourth-order valence-corrected chi connectivity index (χ4v) is 2.39. The molecule has 1 N–H and O–H groups in total. The second kappa shape index (κ2) is 7.03. The standard InChI is InChI=1S/C12H20N2OS2/c1-9(2)14(3)6-4-5-13-12(15)11-7-10(16)8-17-11/h7-9,16H,4-6H2,1-3H3,(H,13,15). The van der Waals surface area contributed by atoms with E-state index in [0.717, 1.165) is 29.3 Å². The summed E-state index contributed by atoms with van der Waals surface area (Å²) in [7, 11) is 2.10. The van der Waals surface area contributed by atoms with E-state index in [1.807, 2.05) is 5.38 Å². The molecule has 1 rings (SSSR count). The van der Waals surface area contributed by atoms with E-state index in [1.165, 1.54) is 11.3 Å². The molecule has 96 valence electrons. The van der Waals surface area contributed by atoms with Crippen molar-refractivity contribution in [3.8, 4) is 0 Å². The third-order valence-corrected chi connectivity index (χ3v) is 4.03. The first-order valence-electron chi connectivity index (χ1n) is 5.76. The van der Waals surface area contributed by atoms with Crippen LogP contribution in [-0.2, 0) is 0 Å². The summed E-state index contributed by atoms with van der Waals surface area (Å²) in [6.45, 7) is 6.05. The lowest BCUT2D eigenvalue weighted by atomic mass is 10.3. The zero-order valence-electron chi connectivity index (χ0n) is 10.6. The lowest BCUT2D eigenvalue weighted by molar-refractivity contribution is 0.0955. The zero-order valence-corrected chi connectivity index (χ0v) is 12.3. The summed E-state index contributed by atoms with van der Waals surface area (Å²) < 4.78 is 0. The number of nitrogens with zero attached hydrogens (tertiary/aromatic N) is 1. The average molecular weight is 272 g/mol. The average Bonchev–Trinajstić information content (AvgIpc) is 2.70. The van der Waals surface area contributed by atoms with Crippen LogP contribution < -0.4 is 5.32 Å². The fraction of sp³-hybridized carbons (Fsp3) is 0.583. The van der Waals surface area contributed by atoms with Crippen LogP contribution in [0, 0.1) is 0 Å².